The second kappa shape index (κ2) is 10.5. The van der Waals surface area contributed by atoms with Crippen LogP contribution < -0.4 is 10.2 Å². The fourth-order valence-corrected chi connectivity index (χ4v) is 4.46. The van der Waals surface area contributed by atoms with Crippen molar-refractivity contribution in [3.8, 4) is 0 Å². The van der Waals surface area contributed by atoms with Gasteiger partial charge < -0.3 is 15.0 Å². The summed E-state index contributed by atoms with van der Waals surface area (Å²) in [6.45, 7) is 5.17. The highest BCUT2D eigenvalue weighted by atomic mass is 35.5. The number of anilines is 1. The van der Waals surface area contributed by atoms with Crippen molar-refractivity contribution in [2.24, 2.45) is 10.9 Å². The zero-order valence-corrected chi connectivity index (χ0v) is 19.8. The van der Waals surface area contributed by atoms with Crippen LogP contribution in [-0.4, -0.2) is 49.4 Å². The van der Waals surface area contributed by atoms with Gasteiger partial charge in [-0.25, -0.2) is 0 Å². The molecule has 0 radical (unpaired) electrons. The predicted octanol–water partition coefficient (Wildman–Crippen LogP) is 4.23. The van der Waals surface area contributed by atoms with Crippen LogP contribution in [0.4, 0.5) is 5.69 Å². The number of ether oxygens (including phenoxy) is 1. The molecule has 0 spiro atoms. The van der Waals surface area contributed by atoms with Gasteiger partial charge in [0.1, 0.15) is 12.6 Å². The monoisotopic (exact) mass is 467 g/mol. The molecule has 2 aromatic rings. The highest BCUT2D eigenvalue weighted by Gasteiger charge is 2.35. The molecule has 3 atom stereocenters. The molecule has 0 saturated carbocycles. The van der Waals surface area contributed by atoms with E-state index in [0.29, 0.717) is 23.0 Å². The summed E-state index contributed by atoms with van der Waals surface area (Å²) in [5, 5.41) is 3.49. The predicted molar refractivity (Wildman–Crippen MR) is 131 cm³/mol. The van der Waals surface area contributed by atoms with Gasteiger partial charge in [0.25, 0.3) is 5.91 Å². The van der Waals surface area contributed by atoms with Crippen molar-refractivity contribution in [3.63, 3.8) is 0 Å². The van der Waals surface area contributed by atoms with Crippen LogP contribution >= 0.6 is 11.6 Å². The Morgan fingerprint density at radius 2 is 2.06 bits per heavy atom. The van der Waals surface area contributed by atoms with Gasteiger partial charge in [0.2, 0.25) is 5.91 Å². The number of hydrogen-bond acceptors (Lipinski definition) is 4. The molecule has 1 N–H and O–H groups in total. The SMILES string of the molecule is CCC(C)C1N=C(c2ccccc2)c2cc(Cl)ccc2N(CC(=O)NCC2CCCO2)C1=O. The first-order valence-electron chi connectivity index (χ1n) is 11.6. The number of rotatable bonds is 7. The highest BCUT2D eigenvalue weighted by Crippen LogP contribution is 2.32. The molecule has 6 nitrogen and oxygen atoms in total. The van der Waals surface area contributed by atoms with E-state index < -0.39 is 6.04 Å². The maximum Gasteiger partial charge on any atom is 0.252 e. The fourth-order valence-electron chi connectivity index (χ4n) is 4.29. The zero-order chi connectivity index (χ0) is 23.4. The van der Waals surface area contributed by atoms with Gasteiger partial charge in [-0.05, 0) is 37.0 Å². The number of aliphatic imine (C=N–C) groups is 1. The first-order chi connectivity index (χ1) is 16.0. The molecule has 1 fully saturated rings. The number of amides is 2. The summed E-state index contributed by atoms with van der Waals surface area (Å²) < 4.78 is 5.60. The van der Waals surface area contributed by atoms with E-state index in [-0.39, 0.29) is 30.4 Å². The summed E-state index contributed by atoms with van der Waals surface area (Å²) in [5.41, 5.74) is 3.02. The van der Waals surface area contributed by atoms with Crippen LogP contribution in [0.5, 0.6) is 0 Å². The van der Waals surface area contributed by atoms with E-state index in [1.165, 1.54) is 0 Å². The minimum Gasteiger partial charge on any atom is -0.376 e. The van der Waals surface area contributed by atoms with E-state index in [9.17, 15) is 9.59 Å². The Morgan fingerprint density at radius 1 is 1.27 bits per heavy atom. The number of nitrogens with zero attached hydrogens (tertiary/aromatic N) is 2. The van der Waals surface area contributed by atoms with Crippen molar-refractivity contribution < 1.29 is 14.3 Å². The van der Waals surface area contributed by atoms with Gasteiger partial charge in [0, 0.05) is 29.3 Å². The molecule has 33 heavy (non-hydrogen) atoms. The minimum absolute atomic E-state index is 0.0125. The number of fused-ring (bicyclic) bond motifs is 1. The number of benzodiazepines with no additional fused rings is 1. The van der Waals surface area contributed by atoms with Crippen LogP contribution in [0, 0.1) is 5.92 Å². The molecule has 0 bridgehead atoms. The highest BCUT2D eigenvalue weighted by molar-refractivity contribution is 6.32. The molecule has 2 aliphatic rings. The lowest BCUT2D eigenvalue weighted by molar-refractivity contribution is -0.125. The Hall–Kier alpha value is -2.70. The minimum atomic E-state index is -0.595. The molecular weight excluding hydrogens is 438 g/mol. The second-order valence-electron chi connectivity index (χ2n) is 8.70. The molecule has 1 saturated heterocycles. The summed E-state index contributed by atoms with van der Waals surface area (Å²) >= 11 is 6.37. The second-order valence-corrected chi connectivity index (χ2v) is 9.14. The lowest BCUT2D eigenvalue weighted by Gasteiger charge is -2.27. The molecule has 2 amide bonds. The average Bonchev–Trinajstić information content (AvgIpc) is 3.32. The normalized spacial score (nSPS) is 21.2. The van der Waals surface area contributed by atoms with Gasteiger partial charge in [-0.3, -0.25) is 14.6 Å². The molecule has 7 heteroatoms. The van der Waals surface area contributed by atoms with E-state index in [1.807, 2.05) is 50.2 Å². The topological polar surface area (TPSA) is 71.0 Å². The van der Waals surface area contributed by atoms with Gasteiger partial charge in [-0.15, -0.1) is 0 Å². The lowest BCUT2D eigenvalue weighted by Crippen LogP contribution is -2.47. The van der Waals surface area contributed by atoms with Crippen molar-refractivity contribution in [3.05, 3.63) is 64.7 Å². The summed E-state index contributed by atoms with van der Waals surface area (Å²) in [6, 6.07) is 14.6. The van der Waals surface area contributed by atoms with E-state index >= 15 is 0 Å². The maximum absolute atomic E-state index is 13.7. The van der Waals surface area contributed by atoms with Gasteiger partial charge in [0.15, 0.2) is 0 Å². The fraction of sp³-hybridized carbons (Fsp3) is 0.423. The lowest BCUT2D eigenvalue weighted by atomic mass is 9.98. The molecule has 3 unspecified atom stereocenters. The standard InChI is InChI=1S/C26H30ClN3O3/c1-3-17(2)24-26(32)30(16-23(31)28-15-20-10-7-13-33-20)22-12-11-19(27)14-21(22)25(29-24)18-8-5-4-6-9-18/h4-6,8-9,11-12,14,17,20,24H,3,7,10,13,15-16H2,1-2H3,(H,28,31). The number of carbonyl (C=O) groups excluding carboxylic acids is 2. The van der Waals surface area contributed by atoms with Crippen molar-refractivity contribution in [1.82, 2.24) is 5.32 Å². The third-order valence-corrected chi connectivity index (χ3v) is 6.61. The molecular formula is C26H30ClN3O3. The van der Waals surface area contributed by atoms with E-state index in [0.717, 1.165) is 37.0 Å². The molecule has 0 aromatic heterocycles. The van der Waals surface area contributed by atoms with Crippen molar-refractivity contribution in [2.75, 3.05) is 24.6 Å². The van der Waals surface area contributed by atoms with E-state index in [1.54, 1.807) is 17.0 Å². The number of carbonyl (C=O) groups is 2. The Labute approximate surface area is 200 Å². The quantitative estimate of drug-likeness (QED) is 0.662. The van der Waals surface area contributed by atoms with Crippen LogP contribution in [0.1, 0.15) is 44.2 Å². The first-order valence-corrected chi connectivity index (χ1v) is 12.0. The third kappa shape index (κ3) is 5.28. The van der Waals surface area contributed by atoms with Crippen LogP contribution in [0.25, 0.3) is 0 Å². The smallest absolute Gasteiger partial charge is 0.252 e. The summed E-state index contributed by atoms with van der Waals surface area (Å²) in [6.07, 6.45) is 2.78. The molecule has 2 heterocycles. The van der Waals surface area contributed by atoms with Crippen LogP contribution in [0.15, 0.2) is 53.5 Å². The van der Waals surface area contributed by atoms with Crippen molar-refractivity contribution in [2.45, 2.75) is 45.3 Å². The average molecular weight is 468 g/mol. The summed E-state index contributed by atoms with van der Waals surface area (Å²) in [7, 11) is 0. The molecule has 174 valence electrons. The molecule has 2 aliphatic heterocycles. The zero-order valence-electron chi connectivity index (χ0n) is 19.1. The van der Waals surface area contributed by atoms with Gasteiger partial charge in [-0.2, -0.15) is 0 Å². The maximum atomic E-state index is 13.7. The number of hydrogen-bond donors (Lipinski definition) is 1. The van der Waals surface area contributed by atoms with E-state index in [2.05, 4.69) is 5.32 Å². The van der Waals surface area contributed by atoms with Crippen LogP contribution in [-0.2, 0) is 14.3 Å². The van der Waals surface area contributed by atoms with Gasteiger partial charge in [0.05, 0.1) is 17.5 Å². The number of nitrogens with one attached hydrogen (secondary N) is 1. The third-order valence-electron chi connectivity index (χ3n) is 6.37. The Morgan fingerprint density at radius 3 is 2.76 bits per heavy atom. The van der Waals surface area contributed by atoms with E-state index in [4.69, 9.17) is 21.3 Å². The molecule has 0 aliphatic carbocycles. The van der Waals surface area contributed by atoms with Gasteiger partial charge >= 0.3 is 0 Å². The number of benzene rings is 2. The summed E-state index contributed by atoms with van der Waals surface area (Å²) in [4.78, 5) is 33.1. The number of halogens is 1. The summed E-state index contributed by atoms with van der Waals surface area (Å²) in [5.74, 6) is -0.379. The molecule has 2 aromatic carbocycles. The van der Waals surface area contributed by atoms with Gasteiger partial charge in [-0.1, -0.05) is 62.2 Å². The molecule has 4 rings (SSSR count). The van der Waals surface area contributed by atoms with Crippen LogP contribution in [0.2, 0.25) is 5.02 Å². The largest absolute Gasteiger partial charge is 0.376 e. The Balaban J connectivity index is 1.71. The van der Waals surface area contributed by atoms with Crippen molar-refractivity contribution in [1.29, 1.82) is 0 Å². The van der Waals surface area contributed by atoms with Crippen molar-refractivity contribution >= 4 is 34.8 Å². The van der Waals surface area contributed by atoms with Crippen LogP contribution in [0.3, 0.4) is 0 Å². The first kappa shape index (κ1) is 23.5. The Bertz CT molecular complexity index is 1030. The Kier molecular flexibility index (Phi) is 7.46.